The normalized spacial score (nSPS) is 12.1. The van der Waals surface area contributed by atoms with Gasteiger partial charge in [0.2, 0.25) is 0 Å². The van der Waals surface area contributed by atoms with Crippen LogP contribution in [0.1, 0.15) is 31.4 Å². The Morgan fingerprint density at radius 3 is 2.75 bits per heavy atom. The molecule has 20 heavy (non-hydrogen) atoms. The third kappa shape index (κ3) is 5.34. The number of nitrogens with zero attached hydrogens (tertiary/aromatic N) is 1. The van der Waals surface area contributed by atoms with Gasteiger partial charge in [0.15, 0.2) is 0 Å². The summed E-state index contributed by atoms with van der Waals surface area (Å²) in [5.74, 6) is 5.75. The zero-order chi connectivity index (χ0) is 14.8. The highest BCUT2D eigenvalue weighted by atomic mass is 16.5. The van der Waals surface area contributed by atoms with Crippen LogP contribution in [0.5, 0.6) is 0 Å². The molecular formula is C17H25NO2. The molecule has 0 spiro atoms. The van der Waals surface area contributed by atoms with Crippen molar-refractivity contribution in [1.82, 2.24) is 4.90 Å². The molecule has 0 aliphatic carbocycles. The van der Waals surface area contributed by atoms with E-state index in [1.54, 1.807) is 7.11 Å². The van der Waals surface area contributed by atoms with E-state index in [9.17, 15) is 0 Å². The van der Waals surface area contributed by atoms with Crippen LogP contribution in [-0.2, 0) is 11.3 Å². The Labute approximate surface area is 122 Å². The molecule has 0 saturated heterocycles. The van der Waals surface area contributed by atoms with E-state index in [0.717, 1.165) is 31.7 Å². The molecule has 3 heteroatoms. The van der Waals surface area contributed by atoms with Crippen molar-refractivity contribution < 1.29 is 9.84 Å². The Kier molecular flexibility index (Phi) is 7.98. The van der Waals surface area contributed by atoms with Crippen molar-refractivity contribution >= 4 is 0 Å². The van der Waals surface area contributed by atoms with Gasteiger partial charge in [0, 0.05) is 31.8 Å². The molecule has 1 N–H and O–H groups in total. The van der Waals surface area contributed by atoms with E-state index in [0.29, 0.717) is 6.04 Å². The van der Waals surface area contributed by atoms with Gasteiger partial charge >= 0.3 is 0 Å². The first-order valence-corrected chi connectivity index (χ1v) is 7.13. The molecule has 0 aliphatic heterocycles. The fourth-order valence-corrected chi connectivity index (χ4v) is 2.06. The van der Waals surface area contributed by atoms with Crippen molar-refractivity contribution in [2.45, 2.75) is 32.9 Å². The molecule has 1 unspecified atom stereocenters. The van der Waals surface area contributed by atoms with Crippen LogP contribution in [0.15, 0.2) is 24.3 Å². The van der Waals surface area contributed by atoms with Gasteiger partial charge in [-0.1, -0.05) is 37.0 Å². The van der Waals surface area contributed by atoms with Crippen molar-refractivity contribution in [1.29, 1.82) is 0 Å². The second-order valence-electron chi connectivity index (χ2n) is 4.84. The van der Waals surface area contributed by atoms with Gasteiger partial charge < -0.3 is 9.84 Å². The van der Waals surface area contributed by atoms with Crippen LogP contribution >= 0.6 is 0 Å². The number of rotatable bonds is 7. The molecule has 0 aromatic heterocycles. The van der Waals surface area contributed by atoms with Gasteiger partial charge in [-0.25, -0.2) is 0 Å². The second-order valence-corrected chi connectivity index (χ2v) is 4.84. The maximum atomic E-state index is 8.84. The van der Waals surface area contributed by atoms with Gasteiger partial charge in [0.05, 0.1) is 6.61 Å². The molecule has 1 rings (SSSR count). The topological polar surface area (TPSA) is 32.7 Å². The Morgan fingerprint density at radius 2 is 2.10 bits per heavy atom. The zero-order valence-electron chi connectivity index (χ0n) is 12.7. The van der Waals surface area contributed by atoms with Crippen LogP contribution in [0.4, 0.5) is 0 Å². The second kappa shape index (κ2) is 9.55. The van der Waals surface area contributed by atoms with Crippen LogP contribution in [0.2, 0.25) is 0 Å². The Bertz CT molecular complexity index is 448. The first kappa shape index (κ1) is 16.7. The summed E-state index contributed by atoms with van der Waals surface area (Å²) in [6.07, 6.45) is 1.11. The van der Waals surface area contributed by atoms with Crippen molar-refractivity contribution in [3.63, 3.8) is 0 Å². The monoisotopic (exact) mass is 275 g/mol. The van der Waals surface area contributed by atoms with Crippen LogP contribution in [-0.4, -0.2) is 42.9 Å². The van der Waals surface area contributed by atoms with Crippen molar-refractivity contribution in [3.05, 3.63) is 35.4 Å². The Balaban J connectivity index is 2.86. The van der Waals surface area contributed by atoms with Crippen molar-refractivity contribution in [2.75, 3.05) is 26.9 Å². The van der Waals surface area contributed by atoms with Crippen molar-refractivity contribution in [3.8, 4) is 11.8 Å². The van der Waals surface area contributed by atoms with Crippen molar-refractivity contribution in [2.24, 2.45) is 0 Å². The van der Waals surface area contributed by atoms with E-state index in [-0.39, 0.29) is 6.61 Å². The fraction of sp³-hybridized carbons (Fsp3) is 0.529. The van der Waals surface area contributed by atoms with Crippen LogP contribution in [0.3, 0.4) is 0 Å². The molecule has 1 atom stereocenters. The lowest BCUT2D eigenvalue weighted by Gasteiger charge is -2.28. The molecule has 3 nitrogen and oxygen atoms in total. The number of aliphatic hydroxyl groups excluding tert-OH is 1. The summed E-state index contributed by atoms with van der Waals surface area (Å²) in [4.78, 5) is 2.41. The van der Waals surface area contributed by atoms with E-state index < -0.39 is 0 Å². The maximum Gasteiger partial charge on any atom is 0.104 e. The van der Waals surface area contributed by atoms with Gasteiger partial charge in [-0.15, -0.1) is 0 Å². The Morgan fingerprint density at radius 1 is 1.35 bits per heavy atom. The lowest BCUT2D eigenvalue weighted by atomic mass is 10.1. The largest absolute Gasteiger partial charge is 0.384 e. The van der Waals surface area contributed by atoms with Gasteiger partial charge in [0.1, 0.15) is 6.61 Å². The minimum Gasteiger partial charge on any atom is -0.384 e. The van der Waals surface area contributed by atoms with Gasteiger partial charge in [-0.2, -0.15) is 0 Å². The number of hydrogen-bond donors (Lipinski definition) is 1. The summed E-state index contributed by atoms with van der Waals surface area (Å²) >= 11 is 0. The summed E-state index contributed by atoms with van der Waals surface area (Å²) in [5, 5.41) is 8.84. The lowest BCUT2D eigenvalue weighted by molar-refractivity contribution is 0.118. The van der Waals surface area contributed by atoms with Crippen LogP contribution in [0.25, 0.3) is 0 Å². The molecule has 0 amide bonds. The average Bonchev–Trinajstić information content (AvgIpc) is 2.49. The number of benzene rings is 1. The highest BCUT2D eigenvalue weighted by Gasteiger charge is 2.13. The third-order valence-corrected chi connectivity index (χ3v) is 3.49. The maximum absolute atomic E-state index is 8.84. The minimum atomic E-state index is -0.104. The molecule has 0 aliphatic rings. The van der Waals surface area contributed by atoms with E-state index in [2.05, 4.69) is 36.7 Å². The molecule has 0 bridgehead atoms. The third-order valence-electron chi connectivity index (χ3n) is 3.49. The van der Waals surface area contributed by atoms with E-state index >= 15 is 0 Å². The number of aliphatic hydroxyl groups is 1. The number of ether oxygens (including phenoxy) is 1. The first-order valence-electron chi connectivity index (χ1n) is 7.13. The quantitative estimate of drug-likeness (QED) is 0.775. The highest BCUT2D eigenvalue weighted by Crippen LogP contribution is 2.14. The molecule has 1 aromatic rings. The molecule has 1 aromatic carbocycles. The summed E-state index contributed by atoms with van der Waals surface area (Å²) in [6.45, 7) is 6.82. The van der Waals surface area contributed by atoms with Gasteiger partial charge in [-0.05, 0) is 25.0 Å². The van der Waals surface area contributed by atoms with E-state index in [4.69, 9.17) is 9.84 Å². The van der Waals surface area contributed by atoms with Crippen LogP contribution in [0, 0.1) is 11.8 Å². The molecule has 0 fully saturated rings. The Hall–Kier alpha value is -1.34. The SMILES string of the molecule is CCC(C)N(CCOC)Cc1ccccc1C#CCO. The summed E-state index contributed by atoms with van der Waals surface area (Å²) < 4.78 is 5.20. The molecular weight excluding hydrogens is 250 g/mol. The van der Waals surface area contributed by atoms with Gasteiger partial charge in [0.25, 0.3) is 0 Å². The standard InChI is InChI=1S/C17H25NO2/c1-4-15(2)18(11-13-20-3)14-17-9-6-5-8-16(17)10-7-12-19/h5-6,8-9,15,19H,4,11-14H2,1-3H3. The van der Waals surface area contributed by atoms with Gasteiger partial charge in [-0.3, -0.25) is 4.90 Å². The number of hydrogen-bond acceptors (Lipinski definition) is 3. The minimum absolute atomic E-state index is 0.104. The summed E-state index contributed by atoms with van der Waals surface area (Å²) in [6, 6.07) is 8.62. The summed E-state index contributed by atoms with van der Waals surface area (Å²) in [5.41, 5.74) is 2.19. The average molecular weight is 275 g/mol. The molecule has 0 heterocycles. The molecule has 110 valence electrons. The van der Waals surface area contributed by atoms with Crippen LogP contribution < -0.4 is 0 Å². The van der Waals surface area contributed by atoms with E-state index in [1.165, 1.54) is 5.56 Å². The molecule has 0 saturated carbocycles. The van der Waals surface area contributed by atoms with E-state index in [1.807, 2.05) is 18.2 Å². The highest BCUT2D eigenvalue weighted by molar-refractivity contribution is 5.41. The lowest BCUT2D eigenvalue weighted by Crippen LogP contribution is -2.35. The predicted octanol–water partition coefficient (Wildman–Crippen LogP) is 2.28. The first-order chi connectivity index (χ1) is 9.72. The predicted molar refractivity (Wildman–Crippen MR) is 82.4 cm³/mol. The fourth-order valence-electron chi connectivity index (χ4n) is 2.06. The number of methoxy groups -OCH3 is 1. The molecule has 0 radical (unpaired) electrons. The zero-order valence-corrected chi connectivity index (χ0v) is 12.7. The summed E-state index contributed by atoms with van der Waals surface area (Å²) in [7, 11) is 1.73. The smallest absolute Gasteiger partial charge is 0.104 e.